The Morgan fingerprint density at radius 2 is 1.90 bits per heavy atom. The third kappa shape index (κ3) is 4.34. The number of hydrogen-bond donors (Lipinski definition) is 1. The highest BCUT2D eigenvalue weighted by Crippen LogP contribution is 2.40. The van der Waals surface area contributed by atoms with Gasteiger partial charge in [0.25, 0.3) is 0 Å². The summed E-state index contributed by atoms with van der Waals surface area (Å²) in [6.07, 6.45) is 7.51. The first-order valence-corrected chi connectivity index (χ1v) is 10.1. The topological polar surface area (TPSA) is 72.6 Å². The molecule has 4 rings (SSSR count). The molecule has 1 aromatic carbocycles. The number of benzene rings is 1. The number of carboxylic acid groups (broad SMARTS) is 1. The fourth-order valence-electron chi connectivity index (χ4n) is 4.09. The quantitative estimate of drug-likeness (QED) is 0.554. The van der Waals surface area contributed by atoms with E-state index in [2.05, 4.69) is 4.98 Å². The first kappa shape index (κ1) is 19.2. The summed E-state index contributed by atoms with van der Waals surface area (Å²) in [4.78, 5) is 15.5. The van der Waals surface area contributed by atoms with E-state index < -0.39 is 5.97 Å². The Hall–Kier alpha value is -3.08. The van der Waals surface area contributed by atoms with Gasteiger partial charge in [-0.25, -0.2) is 4.79 Å². The molecule has 0 radical (unpaired) electrons. The zero-order chi connectivity index (χ0) is 20.2. The molecule has 0 spiro atoms. The summed E-state index contributed by atoms with van der Waals surface area (Å²) in [7, 11) is 0. The van der Waals surface area contributed by atoms with E-state index in [4.69, 9.17) is 14.3 Å². The van der Waals surface area contributed by atoms with Gasteiger partial charge in [-0.05, 0) is 62.2 Å². The van der Waals surface area contributed by atoms with Gasteiger partial charge in [-0.1, -0.05) is 25.3 Å². The van der Waals surface area contributed by atoms with Gasteiger partial charge < -0.3 is 14.3 Å². The molecule has 5 nitrogen and oxygen atoms in total. The number of nitrogens with zero attached hydrogens (tertiary/aromatic N) is 1. The van der Waals surface area contributed by atoms with Crippen LogP contribution < -0.4 is 4.74 Å². The Morgan fingerprint density at radius 1 is 1.14 bits per heavy atom. The van der Waals surface area contributed by atoms with E-state index in [1.165, 1.54) is 19.3 Å². The maximum absolute atomic E-state index is 11.1. The van der Waals surface area contributed by atoms with Gasteiger partial charge >= 0.3 is 5.97 Å². The van der Waals surface area contributed by atoms with Gasteiger partial charge in [0, 0.05) is 17.7 Å². The zero-order valence-electron chi connectivity index (χ0n) is 16.5. The minimum Gasteiger partial charge on any atom is -0.485 e. The van der Waals surface area contributed by atoms with Gasteiger partial charge in [-0.3, -0.25) is 4.98 Å². The molecule has 29 heavy (non-hydrogen) atoms. The fraction of sp³-hybridized carbons (Fsp3) is 0.333. The molecule has 0 aliphatic heterocycles. The minimum atomic E-state index is -0.939. The molecule has 0 amide bonds. The Labute approximate surface area is 170 Å². The fourth-order valence-corrected chi connectivity index (χ4v) is 4.09. The summed E-state index contributed by atoms with van der Waals surface area (Å²) in [5.41, 5.74) is 2.10. The number of carbonyl (C=O) groups is 1. The van der Waals surface area contributed by atoms with Gasteiger partial charge in [0.15, 0.2) is 5.76 Å². The van der Waals surface area contributed by atoms with Crippen molar-refractivity contribution in [2.45, 2.75) is 45.1 Å². The molecule has 2 aromatic heterocycles. The van der Waals surface area contributed by atoms with Crippen LogP contribution >= 0.6 is 0 Å². The lowest BCUT2D eigenvalue weighted by atomic mass is 9.82. The second-order valence-corrected chi connectivity index (χ2v) is 7.60. The lowest BCUT2D eigenvalue weighted by molar-refractivity contribution is 0.0696. The van der Waals surface area contributed by atoms with Crippen LogP contribution in [0.2, 0.25) is 0 Å². The van der Waals surface area contributed by atoms with E-state index in [1.54, 1.807) is 30.5 Å². The van der Waals surface area contributed by atoms with E-state index >= 15 is 0 Å². The SMILES string of the molecule is Cc1oc(-c2ccccn2)cc1C(Oc1ccc(C(=O)O)cc1)C1CCCCC1. The number of furan rings is 1. The van der Waals surface area contributed by atoms with Gasteiger partial charge in [0.2, 0.25) is 0 Å². The van der Waals surface area contributed by atoms with Gasteiger partial charge in [0.1, 0.15) is 23.3 Å². The lowest BCUT2D eigenvalue weighted by Crippen LogP contribution is -2.21. The summed E-state index contributed by atoms with van der Waals surface area (Å²) in [5.74, 6) is 1.71. The maximum Gasteiger partial charge on any atom is 0.335 e. The van der Waals surface area contributed by atoms with Crippen molar-refractivity contribution in [1.29, 1.82) is 0 Å². The second kappa shape index (κ2) is 8.52. The molecular formula is C24H25NO4. The molecule has 0 saturated heterocycles. The highest BCUT2D eigenvalue weighted by Gasteiger charge is 2.30. The second-order valence-electron chi connectivity index (χ2n) is 7.60. The molecule has 2 heterocycles. The molecule has 1 aliphatic carbocycles. The van der Waals surface area contributed by atoms with E-state index in [-0.39, 0.29) is 11.7 Å². The average Bonchev–Trinajstić information content (AvgIpc) is 3.15. The van der Waals surface area contributed by atoms with Crippen molar-refractivity contribution in [3.05, 3.63) is 71.6 Å². The number of aryl methyl sites for hydroxylation is 1. The van der Waals surface area contributed by atoms with Gasteiger partial charge in [0.05, 0.1) is 5.56 Å². The first-order valence-electron chi connectivity index (χ1n) is 10.1. The number of carboxylic acids is 1. The van der Waals surface area contributed by atoms with Crippen LogP contribution in [0.25, 0.3) is 11.5 Å². The van der Waals surface area contributed by atoms with Crippen LogP contribution in [-0.4, -0.2) is 16.1 Å². The first-order chi connectivity index (χ1) is 14.1. The van der Waals surface area contributed by atoms with Crippen LogP contribution in [0.4, 0.5) is 0 Å². The summed E-state index contributed by atoms with van der Waals surface area (Å²) in [5, 5.41) is 9.13. The van der Waals surface area contributed by atoms with Crippen LogP contribution in [0.5, 0.6) is 5.75 Å². The van der Waals surface area contributed by atoms with Crippen LogP contribution in [0.15, 0.2) is 59.1 Å². The van der Waals surface area contributed by atoms with Crippen molar-refractivity contribution in [2.75, 3.05) is 0 Å². The average molecular weight is 391 g/mol. The number of ether oxygens (including phenoxy) is 1. The number of aromatic carboxylic acids is 1. The highest BCUT2D eigenvalue weighted by molar-refractivity contribution is 5.87. The molecule has 1 atom stereocenters. The van der Waals surface area contributed by atoms with E-state index in [1.807, 2.05) is 31.2 Å². The summed E-state index contributed by atoms with van der Waals surface area (Å²) in [6.45, 7) is 1.97. The predicted molar refractivity (Wildman–Crippen MR) is 110 cm³/mol. The molecule has 1 unspecified atom stereocenters. The van der Waals surface area contributed by atoms with Crippen LogP contribution in [-0.2, 0) is 0 Å². The highest BCUT2D eigenvalue weighted by atomic mass is 16.5. The summed E-state index contributed by atoms with van der Waals surface area (Å²) >= 11 is 0. The largest absolute Gasteiger partial charge is 0.485 e. The van der Waals surface area contributed by atoms with Crippen molar-refractivity contribution in [3.8, 4) is 17.2 Å². The molecule has 1 fully saturated rings. The van der Waals surface area contributed by atoms with Crippen LogP contribution in [0.3, 0.4) is 0 Å². The Morgan fingerprint density at radius 3 is 2.55 bits per heavy atom. The summed E-state index contributed by atoms with van der Waals surface area (Å²) in [6, 6.07) is 14.4. The molecule has 1 saturated carbocycles. The minimum absolute atomic E-state index is 0.132. The lowest BCUT2D eigenvalue weighted by Gasteiger charge is -2.30. The normalized spacial score (nSPS) is 15.8. The Bertz CT molecular complexity index is 956. The van der Waals surface area contributed by atoms with E-state index in [9.17, 15) is 4.79 Å². The number of rotatable bonds is 6. The molecular weight excluding hydrogens is 366 g/mol. The van der Waals surface area contributed by atoms with Crippen molar-refractivity contribution >= 4 is 5.97 Å². The van der Waals surface area contributed by atoms with E-state index in [0.29, 0.717) is 11.7 Å². The zero-order valence-corrected chi connectivity index (χ0v) is 16.5. The van der Waals surface area contributed by atoms with Crippen molar-refractivity contribution in [1.82, 2.24) is 4.98 Å². The molecule has 150 valence electrons. The third-order valence-corrected chi connectivity index (χ3v) is 5.62. The molecule has 5 heteroatoms. The number of pyridine rings is 1. The Balaban J connectivity index is 1.65. The molecule has 0 bridgehead atoms. The van der Waals surface area contributed by atoms with Crippen LogP contribution in [0.1, 0.15) is 59.9 Å². The van der Waals surface area contributed by atoms with Crippen LogP contribution in [0, 0.1) is 12.8 Å². The van der Waals surface area contributed by atoms with Crippen molar-refractivity contribution in [3.63, 3.8) is 0 Å². The van der Waals surface area contributed by atoms with Crippen molar-refractivity contribution in [2.24, 2.45) is 5.92 Å². The maximum atomic E-state index is 11.1. The monoisotopic (exact) mass is 391 g/mol. The van der Waals surface area contributed by atoms with E-state index in [0.717, 1.165) is 35.6 Å². The molecule has 3 aromatic rings. The predicted octanol–water partition coefficient (Wildman–Crippen LogP) is 6.05. The standard InChI is InChI=1S/C24H25NO4/c1-16-20(15-22(28-16)21-9-5-6-14-25-21)23(17-7-3-2-4-8-17)29-19-12-10-18(11-13-19)24(26)27/h5-6,9-15,17,23H,2-4,7-8H2,1H3,(H,26,27). The van der Waals surface area contributed by atoms with Gasteiger partial charge in [-0.2, -0.15) is 0 Å². The number of hydrogen-bond acceptors (Lipinski definition) is 4. The Kier molecular flexibility index (Phi) is 5.65. The molecule has 1 N–H and O–H groups in total. The number of aromatic nitrogens is 1. The van der Waals surface area contributed by atoms with Crippen molar-refractivity contribution < 1.29 is 19.1 Å². The summed E-state index contributed by atoms with van der Waals surface area (Å²) < 4.78 is 12.5. The molecule has 1 aliphatic rings. The smallest absolute Gasteiger partial charge is 0.335 e. The third-order valence-electron chi connectivity index (χ3n) is 5.62. The van der Waals surface area contributed by atoms with Gasteiger partial charge in [-0.15, -0.1) is 0 Å².